The molecule has 1 atom stereocenters. The second-order valence-electron chi connectivity index (χ2n) is 7.08. The number of rotatable bonds is 4. The van der Waals surface area contributed by atoms with Gasteiger partial charge in [-0.1, -0.05) is 0 Å². The average molecular weight is 434 g/mol. The Morgan fingerprint density at radius 1 is 1.32 bits per heavy atom. The van der Waals surface area contributed by atoms with Crippen molar-refractivity contribution in [3.05, 3.63) is 35.8 Å². The first kappa shape index (κ1) is 20.6. The number of anilines is 1. The van der Waals surface area contributed by atoms with Gasteiger partial charge in [0, 0.05) is 30.6 Å². The lowest BCUT2D eigenvalue weighted by molar-refractivity contribution is -0.136. The fourth-order valence-corrected chi connectivity index (χ4v) is 3.61. The number of nitrogens with zero attached hydrogens (tertiary/aromatic N) is 4. The number of nitrogen functional groups attached to an aromatic ring is 1. The van der Waals surface area contributed by atoms with Crippen LogP contribution >= 0.6 is 0 Å². The maximum Gasteiger partial charge on any atom is 0.418 e. The normalized spacial score (nSPS) is 16.6. The number of nitrogens with one attached hydrogen (secondary N) is 1. The zero-order chi connectivity index (χ0) is 22.3. The van der Waals surface area contributed by atoms with Gasteiger partial charge < -0.3 is 15.8 Å². The van der Waals surface area contributed by atoms with Gasteiger partial charge in [-0.15, -0.1) is 0 Å². The molecular formula is C19H17F3N6O3. The van der Waals surface area contributed by atoms with Crippen LogP contribution in [0.15, 0.2) is 24.7 Å². The van der Waals surface area contributed by atoms with Crippen molar-refractivity contribution in [1.29, 1.82) is 0 Å². The zero-order valence-electron chi connectivity index (χ0n) is 16.2. The second kappa shape index (κ2) is 7.52. The Bertz CT molecular complexity index is 1190. The number of alkyl halides is 3. The Hall–Kier alpha value is -3.70. The van der Waals surface area contributed by atoms with E-state index < -0.39 is 23.2 Å². The van der Waals surface area contributed by atoms with Crippen molar-refractivity contribution in [1.82, 2.24) is 24.9 Å². The minimum atomic E-state index is -4.70. The van der Waals surface area contributed by atoms with E-state index in [0.29, 0.717) is 12.8 Å². The van der Waals surface area contributed by atoms with E-state index in [4.69, 9.17) is 10.5 Å². The minimum absolute atomic E-state index is 0.00313. The summed E-state index contributed by atoms with van der Waals surface area (Å²) in [4.78, 5) is 32.0. The summed E-state index contributed by atoms with van der Waals surface area (Å²) >= 11 is 0. The smallest absolute Gasteiger partial charge is 0.418 e. The third-order valence-electron chi connectivity index (χ3n) is 5.05. The number of Topliss-reactive ketones (excluding diaryl/α,β-unsaturated/α-hetero) is 1. The molecule has 0 radical (unpaired) electrons. The Kier molecular flexibility index (Phi) is 4.99. The molecular weight excluding hydrogens is 417 g/mol. The first-order chi connectivity index (χ1) is 14.7. The van der Waals surface area contributed by atoms with Gasteiger partial charge >= 0.3 is 6.18 Å². The third kappa shape index (κ3) is 3.76. The fraction of sp³-hybridized carbons (Fsp3) is 0.316. The van der Waals surface area contributed by atoms with Gasteiger partial charge in [0.05, 0.1) is 18.4 Å². The SMILES string of the molecule is COc1ncc(-c2cc(C(F)(F)F)c3c(N)ncnn23)cc1C(=O)NC1CCC(=O)C1. The molecule has 3 aromatic heterocycles. The standard InChI is InChI=1S/C19H17F3N6O3/c1-31-18-12(17(30)27-10-2-3-11(29)5-10)4-9(7-24-18)14-6-13(19(20,21)22)15-16(23)25-8-26-28(14)15/h4,6-8,10H,2-3,5H2,1H3,(H,27,30)(H2,23,25,26). The number of hydrogen-bond acceptors (Lipinski definition) is 7. The van der Waals surface area contributed by atoms with Crippen molar-refractivity contribution < 1.29 is 27.5 Å². The predicted octanol–water partition coefficient (Wildman–Crippen LogP) is 2.25. The minimum Gasteiger partial charge on any atom is -0.480 e. The molecule has 1 aliphatic rings. The molecule has 0 aromatic carbocycles. The molecule has 0 bridgehead atoms. The lowest BCUT2D eigenvalue weighted by atomic mass is 10.1. The van der Waals surface area contributed by atoms with Crippen LogP contribution in [0.3, 0.4) is 0 Å². The van der Waals surface area contributed by atoms with Gasteiger partial charge in [-0.25, -0.2) is 14.5 Å². The Morgan fingerprint density at radius 2 is 2.10 bits per heavy atom. The Labute approximate surface area is 173 Å². The van der Waals surface area contributed by atoms with Gasteiger partial charge in [0.25, 0.3) is 5.91 Å². The van der Waals surface area contributed by atoms with Gasteiger partial charge in [-0.05, 0) is 18.6 Å². The highest BCUT2D eigenvalue weighted by Gasteiger charge is 2.36. The zero-order valence-corrected chi connectivity index (χ0v) is 16.2. The molecule has 12 heteroatoms. The van der Waals surface area contributed by atoms with E-state index in [9.17, 15) is 22.8 Å². The van der Waals surface area contributed by atoms with Crippen LogP contribution < -0.4 is 15.8 Å². The molecule has 1 aliphatic carbocycles. The van der Waals surface area contributed by atoms with Crippen molar-refractivity contribution in [3.8, 4) is 17.1 Å². The van der Waals surface area contributed by atoms with Crippen molar-refractivity contribution in [2.45, 2.75) is 31.5 Å². The number of carbonyl (C=O) groups excluding carboxylic acids is 2. The van der Waals surface area contributed by atoms with E-state index in [2.05, 4.69) is 20.4 Å². The van der Waals surface area contributed by atoms with Crippen LogP contribution in [0, 0.1) is 0 Å². The monoisotopic (exact) mass is 434 g/mol. The molecule has 0 aliphatic heterocycles. The molecule has 31 heavy (non-hydrogen) atoms. The number of nitrogens with two attached hydrogens (primary N) is 1. The van der Waals surface area contributed by atoms with Gasteiger partial charge in [-0.3, -0.25) is 9.59 Å². The van der Waals surface area contributed by atoms with Crippen molar-refractivity contribution >= 4 is 23.0 Å². The van der Waals surface area contributed by atoms with Crippen molar-refractivity contribution in [2.24, 2.45) is 0 Å². The summed E-state index contributed by atoms with van der Waals surface area (Å²) in [5.41, 5.74) is 4.51. The quantitative estimate of drug-likeness (QED) is 0.645. The maximum atomic E-state index is 13.6. The second-order valence-corrected chi connectivity index (χ2v) is 7.08. The number of fused-ring (bicyclic) bond motifs is 1. The lowest BCUT2D eigenvalue weighted by Gasteiger charge is -2.14. The molecule has 3 heterocycles. The number of aromatic nitrogens is 4. The summed E-state index contributed by atoms with van der Waals surface area (Å²) in [7, 11) is 1.32. The molecule has 4 rings (SSSR count). The first-order valence-electron chi connectivity index (χ1n) is 9.25. The number of methoxy groups -OCH3 is 1. The van der Waals surface area contributed by atoms with Crippen LogP contribution in [-0.2, 0) is 11.0 Å². The predicted molar refractivity (Wildman–Crippen MR) is 102 cm³/mol. The van der Waals surface area contributed by atoms with Crippen LogP contribution in [-0.4, -0.2) is 44.4 Å². The number of halogens is 3. The number of amides is 1. The van der Waals surface area contributed by atoms with E-state index >= 15 is 0 Å². The molecule has 1 unspecified atom stereocenters. The average Bonchev–Trinajstić information content (AvgIpc) is 3.31. The van der Waals surface area contributed by atoms with Crippen LogP contribution in [0.1, 0.15) is 35.2 Å². The van der Waals surface area contributed by atoms with E-state index in [1.165, 1.54) is 19.4 Å². The number of ether oxygens (including phenoxy) is 1. The first-order valence-corrected chi connectivity index (χ1v) is 9.25. The Balaban J connectivity index is 1.80. The molecule has 0 saturated heterocycles. The van der Waals surface area contributed by atoms with E-state index in [1.54, 1.807) is 0 Å². The molecule has 9 nitrogen and oxygen atoms in total. The summed E-state index contributed by atoms with van der Waals surface area (Å²) < 4.78 is 46.8. The number of carbonyl (C=O) groups is 2. The largest absolute Gasteiger partial charge is 0.480 e. The summed E-state index contributed by atoms with van der Waals surface area (Å²) in [6.07, 6.45) is -1.25. The van der Waals surface area contributed by atoms with Gasteiger partial charge in [-0.2, -0.15) is 18.3 Å². The molecule has 162 valence electrons. The van der Waals surface area contributed by atoms with Crippen LogP contribution in [0.4, 0.5) is 19.0 Å². The van der Waals surface area contributed by atoms with E-state index in [-0.39, 0.29) is 46.8 Å². The van der Waals surface area contributed by atoms with Crippen LogP contribution in [0.2, 0.25) is 0 Å². The molecule has 1 fully saturated rings. The van der Waals surface area contributed by atoms with Gasteiger partial charge in [0.1, 0.15) is 23.2 Å². The summed E-state index contributed by atoms with van der Waals surface area (Å²) in [6, 6.07) is 1.92. The number of ketones is 1. The Morgan fingerprint density at radius 3 is 2.74 bits per heavy atom. The van der Waals surface area contributed by atoms with Gasteiger partial charge in [0.2, 0.25) is 5.88 Å². The lowest BCUT2D eigenvalue weighted by Crippen LogP contribution is -2.33. The molecule has 0 spiro atoms. The molecule has 1 amide bonds. The molecule has 1 saturated carbocycles. The highest BCUT2D eigenvalue weighted by Crippen LogP contribution is 2.39. The molecule has 3 N–H and O–H groups in total. The maximum absolute atomic E-state index is 13.6. The molecule has 3 aromatic rings. The summed E-state index contributed by atoms with van der Waals surface area (Å²) in [5.74, 6) is -0.826. The summed E-state index contributed by atoms with van der Waals surface area (Å²) in [5, 5.41) is 6.63. The topological polar surface area (TPSA) is 124 Å². The van der Waals surface area contributed by atoms with Crippen molar-refractivity contribution in [3.63, 3.8) is 0 Å². The highest BCUT2D eigenvalue weighted by molar-refractivity contribution is 5.98. The summed E-state index contributed by atoms with van der Waals surface area (Å²) in [6.45, 7) is 0. The van der Waals surface area contributed by atoms with Crippen LogP contribution in [0.25, 0.3) is 16.8 Å². The highest BCUT2D eigenvalue weighted by atomic mass is 19.4. The van der Waals surface area contributed by atoms with Crippen molar-refractivity contribution in [2.75, 3.05) is 12.8 Å². The van der Waals surface area contributed by atoms with Crippen LogP contribution in [0.5, 0.6) is 5.88 Å². The number of hydrogen-bond donors (Lipinski definition) is 2. The fourth-order valence-electron chi connectivity index (χ4n) is 3.61. The van der Waals surface area contributed by atoms with E-state index in [0.717, 1.165) is 16.9 Å². The third-order valence-corrected chi connectivity index (χ3v) is 5.05. The van der Waals surface area contributed by atoms with Gasteiger partial charge in [0.15, 0.2) is 5.82 Å². The number of pyridine rings is 1. The van der Waals surface area contributed by atoms with E-state index in [1.807, 2.05) is 0 Å².